The first-order valence-electron chi connectivity index (χ1n) is 6.14. The van der Waals surface area contributed by atoms with E-state index >= 15 is 0 Å². The number of carbonyl (C=O) groups is 1. The Morgan fingerprint density at radius 2 is 2.16 bits per heavy atom. The van der Waals surface area contributed by atoms with Gasteiger partial charge in [0.15, 0.2) is 5.13 Å². The van der Waals surface area contributed by atoms with Crippen molar-refractivity contribution < 1.29 is 9.53 Å². The van der Waals surface area contributed by atoms with Crippen molar-refractivity contribution in [3.05, 3.63) is 47.0 Å². The SMILES string of the molecule is CCOCC(=O)Nc1nc(Cc2ccccc2)cs1. The molecule has 1 aromatic heterocycles. The Kier molecular flexibility index (Phi) is 5.06. The van der Waals surface area contributed by atoms with Gasteiger partial charge in [0.25, 0.3) is 5.91 Å². The van der Waals surface area contributed by atoms with Crippen molar-refractivity contribution in [2.24, 2.45) is 0 Å². The summed E-state index contributed by atoms with van der Waals surface area (Å²) >= 11 is 1.43. The van der Waals surface area contributed by atoms with Crippen LogP contribution in [0, 0.1) is 0 Å². The Morgan fingerprint density at radius 1 is 1.37 bits per heavy atom. The molecule has 0 aliphatic heterocycles. The number of aromatic nitrogens is 1. The van der Waals surface area contributed by atoms with Crippen molar-refractivity contribution in [3.63, 3.8) is 0 Å². The van der Waals surface area contributed by atoms with Crippen LogP contribution in [0.15, 0.2) is 35.7 Å². The highest BCUT2D eigenvalue weighted by molar-refractivity contribution is 7.13. The molecule has 100 valence electrons. The number of nitrogens with one attached hydrogen (secondary N) is 1. The Balaban J connectivity index is 1.90. The molecule has 2 aromatic rings. The van der Waals surface area contributed by atoms with E-state index in [-0.39, 0.29) is 12.5 Å². The van der Waals surface area contributed by atoms with Crippen molar-refractivity contribution in [3.8, 4) is 0 Å². The maximum atomic E-state index is 11.5. The van der Waals surface area contributed by atoms with Gasteiger partial charge in [0.1, 0.15) is 6.61 Å². The predicted molar refractivity (Wildman–Crippen MR) is 76.5 cm³/mol. The summed E-state index contributed by atoms with van der Waals surface area (Å²) in [5.74, 6) is -0.164. The third-order valence-corrected chi connectivity index (χ3v) is 3.27. The van der Waals surface area contributed by atoms with Crippen LogP contribution in [0.5, 0.6) is 0 Å². The normalized spacial score (nSPS) is 10.4. The van der Waals surface area contributed by atoms with E-state index in [1.54, 1.807) is 0 Å². The number of thiazole rings is 1. The van der Waals surface area contributed by atoms with Crippen molar-refractivity contribution in [2.75, 3.05) is 18.5 Å². The van der Waals surface area contributed by atoms with Crippen molar-refractivity contribution >= 4 is 22.4 Å². The Bertz CT molecular complexity index is 525. The average molecular weight is 276 g/mol. The smallest absolute Gasteiger partial charge is 0.252 e. The number of anilines is 1. The summed E-state index contributed by atoms with van der Waals surface area (Å²) in [6.07, 6.45) is 0.776. The Hall–Kier alpha value is -1.72. The van der Waals surface area contributed by atoms with Crippen LogP contribution in [-0.2, 0) is 16.0 Å². The number of hydrogen-bond acceptors (Lipinski definition) is 4. The first-order chi connectivity index (χ1) is 9.28. The summed E-state index contributed by atoms with van der Waals surface area (Å²) in [4.78, 5) is 15.9. The van der Waals surface area contributed by atoms with Gasteiger partial charge in [-0.1, -0.05) is 30.3 Å². The number of ether oxygens (including phenoxy) is 1. The molecule has 0 spiro atoms. The molecule has 0 radical (unpaired) electrons. The van der Waals surface area contributed by atoms with Gasteiger partial charge in [-0.2, -0.15) is 0 Å². The summed E-state index contributed by atoms with van der Waals surface area (Å²) in [5.41, 5.74) is 2.17. The molecular weight excluding hydrogens is 260 g/mol. The predicted octanol–water partition coefficient (Wildman–Crippen LogP) is 2.71. The third-order valence-electron chi connectivity index (χ3n) is 2.46. The van der Waals surface area contributed by atoms with Crippen LogP contribution >= 0.6 is 11.3 Å². The average Bonchev–Trinajstić information content (AvgIpc) is 2.85. The van der Waals surface area contributed by atoms with E-state index in [0.29, 0.717) is 11.7 Å². The monoisotopic (exact) mass is 276 g/mol. The third kappa shape index (κ3) is 4.46. The lowest BCUT2D eigenvalue weighted by Gasteiger charge is -2.01. The van der Waals surface area contributed by atoms with Gasteiger partial charge >= 0.3 is 0 Å². The van der Waals surface area contributed by atoms with Crippen molar-refractivity contribution in [1.82, 2.24) is 4.98 Å². The first kappa shape index (κ1) is 13.7. The molecule has 0 aliphatic rings. The molecule has 0 bridgehead atoms. The lowest BCUT2D eigenvalue weighted by molar-refractivity contribution is -0.120. The lowest BCUT2D eigenvalue weighted by atomic mass is 10.1. The number of hydrogen-bond donors (Lipinski definition) is 1. The zero-order valence-electron chi connectivity index (χ0n) is 10.8. The number of nitrogens with zero attached hydrogens (tertiary/aromatic N) is 1. The fourth-order valence-electron chi connectivity index (χ4n) is 1.60. The second-order valence-corrected chi connectivity index (χ2v) is 4.85. The minimum absolute atomic E-state index is 0.0735. The fraction of sp³-hybridized carbons (Fsp3) is 0.286. The van der Waals surface area contributed by atoms with Crippen LogP contribution in [0.2, 0.25) is 0 Å². The number of benzene rings is 1. The van der Waals surface area contributed by atoms with E-state index < -0.39 is 0 Å². The Labute approximate surface area is 116 Å². The van der Waals surface area contributed by atoms with E-state index in [2.05, 4.69) is 22.4 Å². The number of carbonyl (C=O) groups excluding carboxylic acids is 1. The number of rotatable bonds is 6. The van der Waals surface area contributed by atoms with Crippen LogP contribution in [0.4, 0.5) is 5.13 Å². The summed E-state index contributed by atoms with van der Waals surface area (Å²) in [5, 5.41) is 5.31. The molecule has 0 saturated carbocycles. The summed E-state index contributed by atoms with van der Waals surface area (Å²) in [6.45, 7) is 2.46. The van der Waals surface area contributed by atoms with E-state index in [1.807, 2.05) is 30.5 Å². The first-order valence-corrected chi connectivity index (χ1v) is 7.02. The van der Waals surface area contributed by atoms with Gasteiger partial charge in [-0.3, -0.25) is 10.1 Å². The molecule has 1 amide bonds. The van der Waals surface area contributed by atoms with E-state index in [9.17, 15) is 4.79 Å². The van der Waals surface area contributed by atoms with Crippen molar-refractivity contribution in [1.29, 1.82) is 0 Å². The zero-order chi connectivity index (χ0) is 13.5. The number of amides is 1. The molecule has 1 aromatic carbocycles. The molecule has 0 atom stereocenters. The van der Waals surface area contributed by atoms with Crippen molar-refractivity contribution in [2.45, 2.75) is 13.3 Å². The standard InChI is InChI=1S/C14H16N2O2S/c1-2-18-9-13(17)16-14-15-12(10-19-14)8-11-6-4-3-5-7-11/h3-7,10H,2,8-9H2,1H3,(H,15,16,17). The minimum Gasteiger partial charge on any atom is -0.372 e. The highest BCUT2D eigenvalue weighted by atomic mass is 32.1. The van der Waals surface area contributed by atoms with Gasteiger partial charge in [0, 0.05) is 18.4 Å². The molecule has 1 heterocycles. The summed E-state index contributed by atoms with van der Waals surface area (Å²) in [6, 6.07) is 10.1. The van der Waals surface area contributed by atoms with E-state index in [4.69, 9.17) is 4.74 Å². The van der Waals surface area contributed by atoms with Gasteiger partial charge < -0.3 is 4.74 Å². The maximum absolute atomic E-state index is 11.5. The van der Waals surface area contributed by atoms with Crippen LogP contribution in [0.25, 0.3) is 0 Å². The highest BCUT2D eigenvalue weighted by Gasteiger charge is 2.07. The van der Waals surface area contributed by atoms with Crippen LogP contribution < -0.4 is 5.32 Å². The van der Waals surface area contributed by atoms with Crippen LogP contribution in [0.1, 0.15) is 18.2 Å². The molecule has 4 nitrogen and oxygen atoms in total. The van der Waals surface area contributed by atoms with Gasteiger partial charge in [-0.25, -0.2) is 4.98 Å². The highest BCUT2D eigenvalue weighted by Crippen LogP contribution is 2.17. The largest absolute Gasteiger partial charge is 0.372 e. The van der Waals surface area contributed by atoms with Gasteiger partial charge in [0.05, 0.1) is 5.69 Å². The second kappa shape index (κ2) is 7.01. The quantitative estimate of drug-likeness (QED) is 0.882. The molecule has 0 unspecified atom stereocenters. The van der Waals surface area contributed by atoms with Gasteiger partial charge in [-0.15, -0.1) is 11.3 Å². The molecule has 2 rings (SSSR count). The van der Waals surface area contributed by atoms with E-state index in [1.165, 1.54) is 16.9 Å². The maximum Gasteiger partial charge on any atom is 0.252 e. The molecular formula is C14H16N2O2S. The van der Waals surface area contributed by atoms with Gasteiger partial charge in [-0.05, 0) is 12.5 Å². The molecule has 0 saturated heterocycles. The fourth-order valence-corrected chi connectivity index (χ4v) is 2.33. The summed E-state index contributed by atoms with van der Waals surface area (Å²) < 4.78 is 5.03. The van der Waals surface area contributed by atoms with Crippen LogP contribution in [-0.4, -0.2) is 24.1 Å². The second-order valence-electron chi connectivity index (χ2n) is 3.99. The topological polar surface area (TPSA) is 51.2 Å². The molecule has 1 N–H and O–H groups in total. The van der Waals surface area contributed by atoms with Gasteiger partial charge in [0.2, 0.25) is 0 Å². The van der Waals surface area contributed by atoms with E-state index in [0.717, 1.165) is 12.1 Å². The molecule has 19 heavy (non-hydrogen) atoms. The minimum atomic E-state index is -0.164. The molecule has 0 fully saturated rings. The molecule has 0 aliphatic carbocycles. The summed E-state index contributed by atoms with van der Waals surface area (Å²) in [7, 11) is 0. The molecule has 5 heteroatoms. The zero-order valence-corrected chi connectivity index (χ0v) is 11.6. The lowest BCUT2D eigenvalue weighted by Crippen LogP contribution is -2.18. The Morgan fingerprint density at radius 3 is 2.89 bits per heavy atom. The van der Waals surface area contributed by atoms with Crippen LogP contribution in [0.3, 0.4) is 0 Å².